The Morgan fingerprint density at radius 2 is 2.32 bits per heavy atom. The highest BCUT2D eigenvalue weighted by molar-refractivity contribution is 9.10. The molecular weight excluding hydrogens is 308 g/mol. The zero-order valence-corrected chi connectivity index (χ0v) is 12.0. The second kappa shape index (κ2) is 4.83. The maximum absolute atomic E-state index is 10.2. The highest BCUT2D eigenvalue weighted by Crippen LogP contribution is 2.30. The molecule has 0 radical (unpaired) electrons. The van der Waals surface area contributed by atoms with Crippen LogP contribution < -0.4 is 0 Å². The van der Waals surface area contributed by atoms with Gasteiger partial charge in [0.1, 0.15) is 17.4 Å². The smallest absolute Gasteiger partial charge is 0.148 e. The molecule has 5 heteroatoms. The van der Waals surface area contributed by atoms with E-state index in [2.05, 4.69) is 21.0 Å². The van der Waals surface area contributed by atoms with Gasteiger partial charge in [-0.3, -0.25) is 4.68 Å². The van der Waals surface area contributed by atoms with Gasteiger partial charge in [0.05, 0.1) is 10.7 Å². The number of fused-ring (bicyclic) bond motifs is 1. The third-order valence-electron chi connectivity index (χ3n) is 3.03. The molecule has 0 amide bonds. The molecule has 0 aliphatic carbocycles. The first-order valence-corrected chi connectivity index (χ1v) is 6.76. The van der Waals surface area contributed by atoms with Crippen LogP contribution in [0.5, 0.6) is 0 Å². The number of hydrogen-bond donors (Lipinski definition) is 1. The van der Waals surface area contributed by atoms with Crippen molar-refractivity contribution in [2.24, 2.45) is 7.05 Å². The van der Waals surface area contributed by atoms with Crippen molar-refractivity contribution in [1.29, 1.82) is 0 Å². The number of nitrogens with zero attached hydrogens (tertiary/aromatic N) is 2. The summed E-state index contributed by atoms with van der Waals surface area (Å²) >= 11 is 3.44. The molecule has 0 aliphatic rings. The van der Waals surface area contributed by atoms with E-state index >= 15 is 0 Å². The van der Waals surface area contributed by atoms with Crippen LogP contribution in [0.4, 0.5) is 0 Å². The minimum absolute atomic E-state index is 0.491. The minimum atomic E-state index is -0.663. The van der Waals surface area contributed by atoms with Crippen molar-refractivity contribution in [2.45, 2.75) is 12.5 Å². The Kier molecular flexibility index (Phi) is 3.16. The number of aliphatic hydroxyl groups is 1. The molecule has 2 aromatic heterocycles. The molecule has 0 saturated heterocycles. The molecular formula is C14H13BrN2O2. The molecule has 1 aromatic carbocycles. The number of aryl methyl sites for hydroxylation is 1. The molecule has 3 rings (SSSR count). The van der Waals surface area contributed by atoms with E-state index in [1.807, 2.05) is 37.5 Å². The van der Waals surface area contributed by atoms with Crippen molar-refractivity contribution >= 4 is 26.9 Å². The second-order valence-electron chi connectivity index (χ2n) is 4.55. The van der Waals surface area contributed by atoms with Crippen LogP contribution >= 0.6 is 15.9 Å². The van der Waals surface area contributed by atoms with E-state index in [9.17, 15) is 5.11 Å². The van der Waals surface area contributed by atoms with Gasteiger partial charge < -0.3 is 9.52 Å². The SMILES string of the molecule is Cn1cc(CC(O)c2cc3cccc(Br)c3o2)cn1. The van der Waals surface area contributed by atoms with Crippen LogP contribution in [-0.4, -0.2) is 14.9 Å². The van der Waals surface area contributed by atoms with Crippen LogP contribution in [0.25, 0.3) is 11.0 Å². The largest absolute Gasteiger partial charge is 0.457 e. The van der Waals surface area contributed by atoms with E-state index < -0.39 is 6.10 Å². The normalized spacial score (nSPS) is 13.0. The Morgan fingerprint density at radius 1 is 1.47 bits per heavy atom. The van der Waals surface area contributed by atoms with Gasteiger partial charge in [-0.1, -0.05) is 12.1 Å². The van der Waals surface area contributed by atoms with E-state index in [1.165, 1.54) is 0 Å². The zero-order valence-electron chi connectivity index (χ0n) is 10.4. The lowest BCUT2D eigenvalue weighted by Crippen LogP contribution is -1.99. The van der Waals surface area contributed by atoms with Gasteiger partial charge in [-0.15, -0.1) is 0 Å². The molecule has 3 aromatic rings. The van der Waals surface area contributed by atoms with Crippen molar-refractivity contribution in [2.75, 3.05) is 0 Å². The van der Waals surface area contributed by atoms with Crippen molar-refractivity contribution in [3.05, 3.63) is 52.5 Å². The molecule has 98 valence electrons. The van der Waals surface area contributed by atoms with E-state index in [1.54, 1.807) is 10.9 Å². The van der Waals surface area contributed by atoms with Crippen LogP contribution in [0.2, 0.25) is 0 Å². The van der Waals surface area contributed by atoms with Gasteiger partial charge in [0, 0.05) is 25.1 Å². The average molecular weight is 321 g/mol. The summed E-state index contributed by atoms with van der Waals surface area (Å²) in [4.78, 5) is 0. The summed E-state index contributed by atoms with van der Waals surface area (Å²) in [5.74, 6) is 0.575. The third-order valence-corrected chi connectivity index (χ3v) is 3.66. The number of aliphatic hydroxyl groups excluding tert-OH is 1. The molecule has 19 heavy (non-hydrogen) atoms. The predicted octanol–water partition coefficient (Wildman–Crippen LogP) is 3.20. The fourth-order valence-corrected chi connectivity index (χ4v) is 2.58. The molecule has 1 unspecified atom stereocenters. The summed E-state index contributed by atoms with van der Waals surface area (Å²) in [6.45, 7) is 0. The first kappa shape index (κ1) is 12.4. The van der Waals surface area contributed by atoms with Crippen LogP contribution in [0.15, 0.2) is 45.5 Å². The highest BCUT2D eigenvalue weighted by Gasteiger charge is 2.15. The molecule has 0 spiro atoms. The highest BCUT2D eigenvalue weighted by atomic mass is 79.9. The fraction of sp³-hybridized carbons (Fsp3) is 0.214. The number of rotatable bonds is 3. The molecule has 1 atom stereocenters. The van der Waals surface area contributed by atoms with Gasteiger partial charge in [-0.25, -0.2) is 0 Å². The predicted molar refractivity (Wildman–Crippen MR) is 75.8 cm³/mol. The Labute approximate surface area is 118 Å². The molecule has 0 bridgehead atoms. The van der Waals surface area contributed by atoms with Crippen molar-refractivity contribution in [1.82, 2.24) is 9.78 Å². The van der Waals surface area contributed by atoms with Gasteiger partial charge >= 0.3 is 0 Å². The Balaban J connectivity index is 1.89. The number of halogens is 1. The lowest BCUT2D eigenvalue weighted by molar-refractivity contribution is 0.152. The molecule has 1 N–H and O–H groups in total. The lowest BCUT2D eigenvalue weighted by Gasteiger charge is -2.04. The summed E-state index contributed by atoms with van der Waals surface area (Å²) < 4.78 is 8.33. The van der Waals surface area contributed by atoms with Crippen molar-refractivity contribution in [3.63, 3.8) is 0 Å². The number of para-hydroxylation sites is 1. The number of benzene rings is 1. The van der Waals surface area contributed by atoms with E-state index in [-0.39, 0.29) is 0 Å². The summed E-state index contributed by atoms with van der Waals surface area (Å²) in [5, 5.41) is 15.3. The molecule has 0 saturated carbocycles. The van der Waals surface area contributed by atoms with Crippen LogP contribution in [-0.2, 0) is 13.5 Å². The van der Waals surface area contributed by atoms with Gasteiger partial charge in [0.25, 0.3) is 0 Å². The Hall–Kier alpha value is -1.59. The monoisotopic (exact) mass is 320 g/mol. The maximum Gasteiger partial charge on any atom is 0.148 e. The number of furan rings is 1. The summed E-state index contributed by atoms with van der Waals surface area (Å²) in [5.41, 5.74) is 1.75. The second-order valence-corrected chi connectivity index (χ2v) is 5.40. The van der Waals surface area contributed by atoms with Gasteiger partial charge in [0.2, 0.25) is 0 Å². The summed E-state index contributed by atoms with van der Waals surface area (Å²) in [7, 11) is 1.86. The van der Waals surface area contributed by atoms with Crippen LogP contribution in [0.1, 0.15) is 17.4 Å². The minimum Gasteiger partial charge on any atom is -0.457 e. The zero-order chi connectivity index (χ0) is 13.4. The third kappa shape index (κ3) is 2.43. The van der Waals surface area contributed by atoms with Gasteiger partial charge in [-0.05, 0) is 33.6 Å². The van der Waals surface area contributed by atoms with Crippen molar-refractivity contribution in [3.8, 4) is 0 Å². The quantitative estimate of drug-likeness (QED) is 0.806. The van der Waals surface area contributed by atoms with Crippen molar-refractivity contribution < 1.29 is 9.52 Å². The van der Waals surface area contributed by atoms with E-state index in [4.69, 9.17) is 4.42 Å². The van der Waals surface area contributed by atoms with E-state index in [0.717, 1.165) is 21.0 Å². The first-order chi connectivity index (χ1) is 9.13. The summed E-state index contributed by atoms with van der Waals surface area (Å²) in [6, 6.07) is 7.70. The van der Waals surface area contributed by atoms with Crippen LogP contribution in [0, 0.1) is 0 Å². The molecule has 0 aliphatic heterocycles. The lowest BCUT2D eigenvalue weighted by atomic mass is 10.1. The maximum atomic E-state index is 10.2. The van der Waals surface area contributed by atoms with E-state index in [0.29, 0.717) is 12.2 Å². The first-order valence-electron chi connectivity index (χ1n) is 5.97. The number of hydrogen-bond acceptors (Lipinski definition) is 3. The van der Waals surface area contributed by atoms with Gasteiger partial charge in [-0.2, -0.15) is 5.10 Å². The van der Waals surface area contributed by atoms with Gasteiger partial charge in [0.15, 0.2) is 0 Å². The molecule has 4 nitrogen and oxygen atoms in total. The average Bonchev–Trinajstić information content (AvgIpc) is 2.96. The topological polar surface area (TPSA) is 51.2 Å². The number of aromatic nitrogens is 2. The standard InChI is InChI=1S/C14H13BrN2O2/c1-17-8-9(7-16-17)5-12(18)13-6-10-3-2-4-11(15)14(10)19-13/h2-4,6-8,12,18H,5H2,1H3. The summed E-state index contributed by atoms with van der Waals surface area (Å²) in [6.07, 6.45) is 3.47. The molecule has 2 heterocycles. The fourth-order valence-electron chi connectivity index (χ4n) is 2.11. The van der Waals surface area contributed by atoms with Crippen LogP contribution in [0.3, 0.4) is 0 Å². The Morgan fingerprint density at radius 3 is 3.00 bits per heavy atom. The Bertz CT molecular complexity index is 717. The molecule has 0 fully saturated rings.